The second-order valence-corrected chi connectivity index (χ2v) is 6.01. The van der Waals surface area contributed by atoms with Crippen molar-refractivity contribution in [2.45, 2.75) is 39.8 Å². The predicted molar refractivity (Wildman–Crippen MR) is 68.1 cm³/mol. The minimum absolute atomic E-state index is 0.309. The number of methoxy groups -OCH3 is 1. The lowest BCUT2D eigenvalue weighted by Gasteiger charge is -2.13. The highest BCUT2D eigenvalue weighted by Crippen LogP contribution is 2.62. The summed E-state index contributed by atoms with van der Waals surface area (Å²) in [6.07, 6.45) is -0.445. The lowest BCUT2D eigenvalue weighted by molar-refractivity contribution is 0.0133. The van der Waals surface area contributed by atoms with E-state index in [0.29, 0.717) is 43.2 Å². The Labute approximate surface area is 105 Å². The SMILES string of the molecule is COCCOCC(O)CNC1C(C)(C)C1(C)C. The maximum atomic E-state index is 9.74. The maximum absolute atomic E-state index is 9.74. The standard InChI is InChI=1S/C13H27NO3/c1-12(2)11(13(12,3)4)14-8-10(15)9-17-7-6-16-5/h10-11,14-15H,6-9H2,1-5H3. The fourth-order valence-corrected chi connectivity index (χ4v) is 2.38. The molecule has 17 heavy (non-hydrogen) atoms. The van der Waals surface area contributed by atoms with Crippen LogP contribution >= 0.6 is 0 Å². The summed E-state index contributed by atoms with van der Waals surface area (Å²) in [4.78, 5) is 0. The zero-order valence-corrected chi connectivity index (χ0v) is 11.7. The van der Waals surface area contributed by atoms with Gasteiger partial charge in [0.25, 0.3) is 0 Å². The first-order chi connectivity index (χ1) is 7.84. The van der Waals surface area contributed by atoms with Crippen LogP contribution in [0.15, 0.2) is 0 Å². The summed E-state index contributed by atoms with van der Waals surface area (Å²) in [5.74, 6) is 0. The Morgan fingerprint density at radius 3 is 2.24 bits per heavy atom. The lowest BCUT2D eigenvalue weighted by Crippen LogP contribution is -2.34. The zero-order chi connectivity index (χ0) is 13.1. The summed E-state index contributed by atoms with van der Waals surface area (Å²) in [6, 6.07) is 0.476. The molecular formula is C13H27NO3. The Bertz CT molecular complexity index is 227. The highest BCUT2D eigenvalue weighted by atomic mass is 16.5. The number of aliphatic hydroxyl groups is 1. The first kappa shape index (κ1) is 14.9. The normalized spacial score (nSPS) is 23.6. The van der Waals surface area contributed by atoms with Gasteiger partial charge in [0.15, 0.2) is 0 Å². The van der Waals surface area contributed by atoms with Crippen LogP contribution in [0.25, 0.3) is 0 Å². The molecule has 0 bridgehead atoms. The van der Waals surface area contributed by atoms with Crippen molar-refractivity contribution in [1.29, 1.82) is 0 Å². The molecule has 0 saturated heterocycles. The molecule has 0 aromatic heterocycles. The van der Waals surface area contributed by atoms with Gasteiger partial charge in [-0.1, -0.05) is 27.7 Å². The average Bonchev–Trinajstić information content (AvgIpc) is 2.62. The maximum Gasteiger partial charge on any atom is 0.0897 e. The first-order valence-electron chi connectivity index (χ1n) is 6.32. The van der Waals surface area contributed by atoms with Crippen LogP contribution in [-0.2, 0) is 9.47 Å². The van der Waals surface area contributed by atoms with E-state index in [2.05, 4.69) is 33.0 Å². The number of nitrogens with one attached hydrogen (secondary N) is 1. The third-order valence-corrected chi connectivity index (χ3v) is 4.32. The van der Waals surface area contributed by atoms with Crippen molar-refractivity contribution in [3.63, 3.8) is 0 Å². The van der Waals surface area contributed by atoms with Crippen molar-refractivity contribution in [1.82, 2.24) is 5.32 Å². The average molecular weight is 245 g/mol. The summed E-state index contributed by atoms with van der Waals surface area (Å²) in [7, 11) is 1.64. The van der Waals surface area contributed by atoms with Crippen molar-refractivity contribution in [3.05, 3.63) is 0 Å². The Morgan fingerprint density at radius 1 is 1.18 bits per heavy atom. The van der Waals surface area contributed by atoms with Crippen LogP contribution in [0.3, 0.4) is 0 Å². The lowest BCUT2D eigenvalue weighted by atomic mass is 10.0. The molecule has 4 heteroatoms. The van der Waals surface area contributed by atoms with Crippen LogP contribution in [0.4, 0.5) is 0 Å². The van der Waals surface area contributed by atoms with Gasteiger partial charge in [-0.05, 0) is 10.8 Å². The number of hydrogen-bond acceptors (Lipinski definition) is 4. The molecule has 0 aliphatic heterocycles. The molecule has 0 radical (unpaired) electrons. The van der Waals surface area contributed by atoms with Gasteiger partial charge in [-0.25, -0.2) is 0 Å². The minimum atomic E-state index is -0.445. The van der Waals surface area contributed by atoms with E-state index in [1.165, 1.54) is 0 Å². The molecule has 0 aromatic carbocycles. The summed E-state index contributed by atoms with van der Waals surface area (Å²) < 4.78 is 10.1. The second-order valence-electron chi connectivity index (χ2n) is 6.01. The van der Waals surface area contributed by atoms with Crippen molar-refractivity contribution in [2.24, 2.45) is 10.8 Å². The third kappa shape index (κ3) is 3.41. The van der Waals surface area contributed by atoms with Gasteiger partial charge < -0.3 is 19.9 Å². The summed E-state index contributed by atoms with van der Waals surface area (Å²) in [5, 5.41) is 13.2. The molecule has 102 valence electrons. The largest absolute Gasteiger partial charge is 0.389 e. The summed E-state index contributed by atoms with van der Waals surface area (Å²) >= 11 is 0. The summed E-state index contributed by atoms with van der Waals surface area (Å²) in [5.41, 5.74) is 0.618. The van der Waals surface area contributed by atoms with Gasteiger partial charge in [-0.2, -0.15) is 0 Å². The highest BCUT2D eigenvalue weighted by molar-refractivity contribution is 5.17. The van der Waals surface area contributed by atoms with E-state index in [1.807, 2.05) is 0 Å². The van der Waals surface area contributed by atoms with E-state index < -0.39 is 6.10 Å². The molecule has 1 aliphatic rings. The Kier molecular flexibility index (Phi) is 4.95. The van der Waals surface area contributed by atoms with Crippen LogP contribution in [-0.4, -0.2) is 50.7 Å². The molecule has 0 spiro atoms. The Morgan fingerprint density at radius 2 is 1.76 bits per heavy atom. The molecule has 1 atom stereocenters. The fourth-order valence-electron chi connectivity index (χ4n) is 2.38. The third-order valence-electron chi connectivity index (χ3n) is 4.32. The van der Waals surface area contributed by atoms with Crippen molar-refractivity contribution in [3.8, 4) is 0 Å². The van der Waals surface area contributed by atoms with E-state index in [-0.39, 0.29) is 0 Å². The number of hydrogen-bond donors (Lipinski definition) is 2. The number of rotatable bonds is 8. The molecular weight excluding hydrogens is 218 g/mol. The van der Waals surface area contributed by atoms with Crippen molar-refractivity contribution < 1.29 is 14.6 Å². The molecule has 0 heterocycles. The molecule has 1 unspecified atom stereocenters. The molecule has 0 amide bonds. The van der Waals surface area contributed by atoms with Gasteiger partial charge >= 0.3 is 0 Å². The molecule has 0 aromatic rings. The van der Waals surface area contributed by atoms with Crippen molar-refractivity contribution in [2.75, 3.05) is 33.5 Å². The van der Waals surface area contributed by atoms with Crippen LogP contribution in [0.2, 0.25) is 0 Å². The highest BCUT2D eigenvalue weighted by Gasteiger charge is 2.64. The van der Waals surface area contributed by atoms with Crippen LogP contribution in [0.1, 0.15) is 27.7 Å². The molecule has 1 fully saturated rings. The van der Waals surface area contributed by atoms with Gasteiger partial charge in [0, 0.05) is 19.7 Å². The van der Waals surface area contributed by atoms with Gasteiger partial charge in [0.05, 0.1) is 25.9 Å². The van der Waals surface area contributed by atoms with E-state index >= 15 is 0 Å². The quantitative estimate of drug-likeness (QED) is 0.627. The minimum Gasteiger partial charge on any atom is -0.389 e. The number of ether oxygens (including phenoxy) is 2. The van der Waals surface area contributed by atoms with Gasteiger partial charge in [0.2, 0.25) is 0 Å². The topological polar surface area (TPSA) is 50.7 Å². The van der Waals surface area contributed by atoms with E-state index in [9.17, 15) is 5.11 Å². The van der Waals surface area contributed by atoms with Crippen LogP contribution in [0.5, 0.6) is 0 Å². The zero-order valence-electron chi connectivity index (χ0n) is 11.7. The Balaban J connectivity index is 2.11. The van der Waals surface area contributed by atoms with Gasteiger partial charge in [-0.15, -0.1) is 0 Å². The Hall–Kier alpha value is -0.160. The van der Waals surface area contributed by atoms with E-state index in [4.69, 9.17) is 9.47 Å². The van der Waals surface area contributed by atoms with E-state index in [0.717, 1.165) is 0 Å². The monoisotopic (exact) mass is 245 g/mol. The van der Waals surface area contributed by atoms with Crippen LogP contribution in [0, 0.1) is 10.8 Å². The van der Waals surface area contributed by atoms with Gasteiger partial charge in [0.1, 0.15) is 0 Å². The smallest absolute Gasteiger partial charge is 0.0897 e. The fraction of sp³-hybridized carbons (Fsp3) is 1.00. The molecule has 1 aliphatic carbocycles. The molecule has 1 rings (SSSR count). The van der Waals surface area contributed by atoms with Crippen LogP contribution < -0.4 is 5.32 Å². The molecule has 2 N–H and O–H groups in total. The summed E-state index contributed by atoms with van der Waals surface area (Å²) in [6.45, 7) is 11.1. The van der Waals surface area contributed by atoms with Gasteiger partial charge in [-0.3, -0.25) is 0 Å². The predicted octanol–water partition coefficient (Wildman–Crippen LogP) is 1.03. The molecule has 4 nitrogen and oxygen atoms in total. The van der Waals surface area contributed by atoms with E-state index in [1.54, 1.807) is 7.11 Å². The first-order valence-corrected chi connectivity index (χ1v) is 6.32. The number of aliphatic hydroxyl groups excluding tert-OH is 1. The van der Waals surface area contributed by atoms with Crippen molar-refractivity contribution >= 4 is 0 Å². The second kappa shape index (κ2) is 5.65. The molecule has 1 saturated carbocycles.